The van der Waals surface area contributed by atoms with Gasteiger partial charge >= 0.3 is 11.9 Å². The first-order valence-corrected chi connectivity index (χ1v) is 5.02. The molecule has 6 heteroatoms. The fraction of sp³-hybridized carbons (Fsp3) is 0.182. The number of carbonyl (C=O) groups is 3. The largest absolute Gasteiger partial charge is 0.480 e. The highest BCUT2D eigenvalue weighted by Crippen LogP contribution is 2.12. The van der Waals surface area contributed by atoms with Gasteiger partial charge in [-0.3, -0.25) is 14.4 Å². The normalized spacial score (nSPS) is 10.2. The number of carboxylic acid groups (broad SMARTS) is 2. The molecule has 1 aromatic rings. The first kappa shape index (κ1) is 13.2. The summed E-state index contributed by atoms with van der Waals surface area (Å²) in [7, 11) is 0. The van der Waals surface area contributed by atoms with Gasteiger partial charge in [0, 0.05) is 11.4 Å². The highest BCUT2D eigenvalue weighted by molar-refractivity contribution is 6.30. The number of benzene rings is 1. The SMILES string of the molecule is O=C(O)C(C(=O)O)C(=O)Cc1ccc(Cl)cc1. The smallest absolute Gasteiger partial charge is 0.325 e. The Bertz CT molecular complexity index is 437. The molecule has 5 nitrogen and oxygen atoms in total. The third-order valence-electron chi connectivity index (χ3n) is 2.11. The molecule has 0 saturated heterocycles. The van der Waals surface area contributed by atoms with E-state index in [1.54, 1.807) is 24.3 Å². The number of rotatable bonds is 5. The van der Waals surface area contributed by atoms with Gasteiger partial charge in [-0.2, -0.15) is 0 Å². The molecule has 0 heterocycles. The van der Waals surface area contributed by atoms with Crippen molar-refractivity contribution in [2.75, 3.05) is 0 Å². The number of ketones is 1. The van der Waals surface area contributed by atoms with Crippen molar-refractivity contribution in [2.24, 2.45) is 5.92 Å². The fourth-order valence-electron chi connectivity index (χ4n) is 1.29. The summed E-state index contributed by atoms with van der Waals surface area (Å²) in [5.74, 6) is -6.20. The molecule has 0 aliphatic heterocycles. The van der Waals surface area contributed by atoms with Crippen LogP contribution in [0, 0.1) is 5.92 Å². The topological polar surface area (TPSA) is 91.7 Å². The number of carboxylic acids is 2. The summed E-state index contributed by atoms with van der Waals surface area (Å²) < 4.78 is 0. The molecule has 2 N–H and O–H groups in total. The number of Topliss-reactive ketones (excluding diaryl/α,β-unsaturated/α-hetero) is 1. The van der Waals surface area contributed by atoms with Crippen LogP contribution in [0.25, 0.3) is 0 Å². The summed E-state index contributed by atoms with van der Waals surface area (Å²) in [4.78, 5) is 32.7. The van der Waals surface area contributed by atoms with Crippen LogP contribution in [0.4, 0.5) is 0 Å². The average molecular weight is 257 g/mol. The molecule has 0 unspecified atom stereocenters. The third kappa shape index (κ3) is 3.57. The lowest BCUT2D eigenvalue weighted by molar-refractivity contribution is -0.157. The van der Waals surface area contributed by atoms with E-state index in [9.17, 15) is 14.4 Å². The van der Waals surface area contributed by atoms with Gasteiger partial charge in [0.1, 0.15) is 0 Å². The predicted molar refractivity (Wildman–Crippen MR) is 58.9 cm³/mol. The van der Waals surface area contributed by atoms with Crippen LogP contribution >= 0.6 is 11.6 Å². The third-order valence-corrected chi connectivity index (χ3v) is 2.36. The number of aliphatic carboxylic acids is 2. The van der Waals surface area contributed by atoms with Crippen molar-refractivity contribution in [3.05, 3.63) is 34.9 Å². The van der Waals surface area contributed by atoms with Gasteiger partial charge in [-0.05, 0) is 17.7 Å². The number of hydrogen-bond donors (Lipinski definition) is 2. The Morgan fingerprint density at radius 1 is 1.06 bits per heavy atom. The van der Waals surface area contributed by atoms with E-state index in [0.717, 1.165) is 0 Å². The quantitative estimate of drug-likeness (QED) is 0.773. The lowest BCUT2D eigenvalue weighted by Crippen LogP contribution is -2.32. The van der Waals surface area contributed by atoms with E-state index in [1.807, 2.05) is 0 Å². The zero-order valence-corrected chi connectivity index (χ0v) is 9.35. The molecule has 0 bridgehead atoms. The van der Waals surface area contributed by atoms with E-state index in [2.05, 4.69) is 0 Å². The highest BCUT2D eigenvalue weighted by Gasteiger charge is 2.33. The molecule has 0 saturated carbocycles. The molecule has 0 aromatic heterocycles. The van der Waals surface area contributed by atoms with Gasteiger partial charge in [-0.15, -0.1) is 0 Å². The van der Waals surface area contributed by atoms with Crippen LogP contribution < -0.4 is 0 Å². The van der Waals surface area contributed by atoms with E-state index in [0.29, 0.717) is 10.6 Å². The van der Waals surface area contributed by atoms with Crippen molar-refractivity contribution in [3.63, 3.8) is 0 Å². The minimum Gasteiger partial charge on any atom is -0.480 e. The van der Waals surface area contributed by atoms with Crippen LogP contribution in [0.1, 0.15) is 5.56 Å². The molecule has 0 radical (unpaired) electrons. The molecule has 0 fully saturated rings. The summed E-state index contributed by atoms with van der Waals surface area (Å²) in [6, 6.07) is 6.17. The van der Waals surface area contributed by atoms with Gasteiger partial charge in [-0.25, -0.2) is 0 Å². The number of hydrogen-bond acceptors (Lipinski definition) is 3. The van der Waals surface area contributed by atoms with Gasteiger partial charge < -0.3 is 10.2 Å². The molecule has 0 amide bonds. The Morgan fingerprint density at radius 3 is 1.94 bits per heavy atom. The lowest BCUT2D eigenvalue weighted by Gasteiger charge is -2.06. The standard InChI is InChI=1S/C11H9ClO5/c12-7-3-1-6(2-4-7)5-8(13)9(10(14)15)11(16)17/h1-4,9H,5H2,(H,14,15)(H,16,17). The van der Waals surface area contributed by atoms with Crippen LogP contribution in [0.3, 0.4) is 0 Å². The molecular weight excluding hydrogens is 248 g/mol. The Kier molecular flexibility index (Phi) is 4.23. The Balaban J connectivity index is 2.80. The molecule has 17 heavy (non-hydrogen) atoms. The van der Waals surface area contributed by atoms with Crippen LogP contribution in [0.15, 0.2) is 24.3 Å². The second kappa shape index (κ2) is 5.45. The fourth-order valence-corrected chi connectivity index (χ4v) is 1.41. The van der Waals surface area contributed by atoms with E-state index < -0.39 is 23.6 Å². The van der Waals surface area contributed by atoms with E-state index in [1.165, 1.54) is 0 Å². The Hall–Kier alpha value is -1.88. The summed E-state index contributed by atoms with van der Waals surface area (Å²) in [5.41, 5.74) is 0.520. The minimum absolute atomic E-state index is 0.250. The summed E-state index contributed by atoms with van der Waals surface area (Å²) in [6.07, 6.45) is -0.250. The van der Waals surface area contributed by atoms with Crippen LogP contribution in [0.5, 0.6) is 0 Å². The average Bonchev–Trinajstić information content (AvgIpc) is 2.20. The molecule has 0 spiro atoms. The maximum absolute atomic E-state index is 11.5. The first-order chi connectivity index (χ1) is 7.91. The molecule has 0 aliphatic carbocycles. The van der Waals surface area contributed by atoms with Crippen molar-refractivity contribution in [1.29, 1.82) is 0 Å². The zero-order valence-electron chi connectivity index (χ0n) is 8.59. The van der Waals surface area contributed by atoms with Crippen molar-refractivity contribution < 1.29 is 24.6 Å². The zero-order chi connectivity index (χ0) is 13.0. The maximum Gasteiger partial charge on any atom is 0.325 e. The predicted octanol–water partition coefficient (Wildman–Crippen LogP) is 1.24. The van der Waals surface area contributed by atoms with Crippen molar-refractivity contribution in [2.45, 2.75) is 6.42 Å². The highest BCUT2D eigenvalue weighted by atomic mass is 35.5. The van der Waals surface area contributed by atoms with E-state index in [-0.39, 0.29) is 6.42 Å². The van der Waals surface area contributed by atoms with Crippen LogP contribution in [0.2, 0.25) is 5.02 Å². The molecule has 0 atom stereocenters. The monoisotopic (exact) mass is 256 g/mol. The van der Waals surface area contributed by atoms with Gasteiger partial charge in [0.15, 0.2) is 5.78 Å². The van der Waals surface area contributed by atoms with E-state index >= 15 is 0 Å². The lowest BCUT2D eigenvalue weighted by atomic mass is 9.98. The maximum atomic E-state index is 11.5. The van der Waals surface area contributed by atoms with Crippen molar-refractivity contribution in [1.82, 2.24) is 0 Å². The summed E-state index contributed by atoms with van der Waals surface area (Å²) >= 11 is 5.64. The van der Waals surface area contributed by atoms with Crippen LogP contribution in [-0.2, 0) is 20.8 Å². The van der Waals surface area contributed by atoms with Gasteiger partial charge in [0.05, 0.1) is 0 Å². The number of halogens is 1. The Labute approximate surface area is 102 Å². The van der Waals surface area contributed by atoms with Crippen molar-refractivity contribution in [3.8, 4) is 0 Å². The molecular formula is C11H9ClO5. The molecule has 90 valence electrons. The molecule has 1 rings (SSSR count). The van der Waals surface area contributed by atoms with Gasteiger partial charge in [0.2, 0.25) is 5.92 Å². The first-order valence-electron chi connectivity index (χ1n) is 4.64. The summed E-state index contributed by atoms with van der Waals surface area (Å²) in [6.45, 7) is 0. The van der Waals surface area contributed by atoms with Crippen molar-refractivity contribution >= 4 is 29.3 Å². The van der Waals surface area contributed by atoms with Gasteiger partial charge in [0.25, 0.3) is 0 Å². The second-order valence-corrected chi connectivity index (χ2v) is 3.82. The van der Waals surface area contributed by atoms with Crippen LogP contribution in [-0.4, -0.2) is 27.9 Å². The second-order valence-electron chi connectivity index (χ2n) is 3.38. The number of carbonyl (C=O) groups excluding carboxylic acids is 1. The molecule has 0 aliphatic rings. The minimum atomic E-state index is -2.02. The Morgan fingerprint density at radius 2 is 1.53 bits per heavy atom. The summed E-state index contributed by atoms with van der Waals surface area (Å²) in [5, 5.41) is 17.7. The van der Waals surface area contributed by atoms with Gasteiger partial charge in [-0.1, -0.05) is 23.7 Å². The van der Waals surface area contributed by atoms with E-state index in [4.69, 9.17) is 21.8 Å². The molecule has 1 aromatic carbocycles.